The number of aromatic hydroxyl groups is 1. The van der Waals surface area contributed by atoms with Crippen LogP contribution in [0.2, 0.25) is 5.02 Å². The second-order valence-corrected chi connectivity index (χ2v) is 5.04. The Balaban J connectivity index is 2.19. The first-order chi connectivity index (χ1) is 8.58. The molecule has 0 saturated carbocycles. The summed E-state index contributed by atoms with van der Waals surface area (Å²) in [7, 11) is 0. The lowest BCUT2D eigenvalue weighted by Gasteiger charge is -2.10. The van der Waals surface area contributed by atoms with Crippen LogP contribution in [0.1, 0.15) is 5.56 Å². The quantitative estimate of drug-likeness (QED) is 0.864. The van der Waals surface area contributed by atoms with Gasteiger partial charge in [-0.3, -0.25) is 0 Å². The third kappa shape index (κ3) is 2.94. The number of rotatable bonds is 3. The Morgan fingerprint density at radius 2 is 2.06 bits per heavy atom. The fourth-order valence-corrected chi connectivity index (χ4v) is 2.14. The van der Waals surface area contributed by atoms with Crippen molar-refractivity contribution in [2.75, 3.05) is 5.32 Å². The predicted molar refractivity (Wildman–Crippen MR) is 74.5 cm³/mol. The minimum Gasteiger partial charge on any atom is -0.508 e. The predicted octanol–water partition coefficient (Wildman–Crippen LogP) is 4.56. The lowest BCUT2D eigenvalue weighted by atomic mass is 10.2. The van der Waals surface area contributed by atoms with Crippen LogP contribution in [-0.4, -0.2) is 5.11 Å². The highest BCUT2D eigenvalue weighted by Gasteiger charge is 2.07. The summed E-state index contributed by atoms with van der Waals surface area (Å²) in [5.74, 6) is -0.268. The molecule has 0 unspecified atom stereocenters. The maximum Gasteiger partial charge on any atom is 0.146 e. The minimum atomic E-state index is -0.357. The first-order valence-electron chi connectivity index (χ1n) is 5.23. The molecule has 0 bridgehead atoms. The lowest BCUT2D eigenvalue weighted by Crippen LogP contribution is -2.02. The summed E-state index contributed by atoms with van der Waals surface area (Å²) in [6.07, 6.45) is 0. The zero-order valence-electron chi connectivity index (χ0n) is 9.25. The van der Waals surface area contributed by atoms with Crippen molar-refractivity contribution in [2.24, 2.45) is 0 Å². The molecule has 2 aromatic carbocycles. The summed E-state index contributed by atoms with van der Waals surface area (Å²) >= 11 is 9.23. The average Bonchev–Trinajstić information content (AvgIpc) is 2.33. The maximum absolute atomic E-state index is 13.5. The topological polar surface area (TPSA) is 32.3 Å². The van der Waals surface area contributed by atoms with Crippen molar-refractivity contribution in [3.8, 4) is 5.75 Å². The molecule has 2 N–H and O–H groups in total. The number of nitrogens with one attached hydrogen (secondary N) is 1. The molecule has 0 aliphatic carbocycles. The van der Waals surface area contributed by atoms with Crippen LogP contribution < -0.4 is 5.32 Å². The fourth-order valence-electron chi connectivity index (χ4n) is 1.54. The molecule has 2 rings (SSSR count). The lowest BCUT2D eigenvalue weighted by molar-refractivity contribution is 0.469. The van der Waals surface area contributed by atoms with Crippen molar-refractivity contribution in [2.45, 2.75) is 6.54 Å². The summed E-state index contributed by atoms with van der Waals surface area (Å²) in [6, 6.07) is 9.48. The Labute approximate surface area is 118 Å². The SMILES string of the molecule is Oc1cccc(Cl)c1CNc1cc(Br)ccc1F. The molecule has 0 aliphatic rings. The Bertz CT molecular complexity index is 557. The van der Waals surface area contributed by atoms with Gasteiger partial charge < -0.3 is 10.4 Å². The number of benzene rings is 2. The molecule has 0 fully saturated rings. The first-order valence-corrected chi connectivity index (χ1v) is 6.40. The molecule has 0 spiro atoms. The van der Waals surface area contributed by atoms with Gasteiger partial charge in [0.2, 0.25) is 0 Å². The van der Waals surface area contributed by atoms with Gasteiger partial charge in [0.25, 0.3) is 0 Å². The van der Waals surface area contributed by atoms with Gasteiger partial charge >= 0.3 is 0 Å². The number of hydrogen-bond donors (Lipinski definition) is 2. The van der Waals surface area contributed by atoms with E-state index in [0.29, 0.717) is 16.3 Å². The van der Waals surface area contributed by atoms with E-state index < -0.39 is 0 Å². The van der Waals surface area contributed by atoms with Crippen LogP contribution in [0.15, 0.2) is 40.9 Å². The van der Waals surface area contributed by atoms with Crippen molar-refractivity contribution in [1.82, 2.24) is 0 Å². The fraction of sp³-hybridized carbons (Fsp3) is 0.0769. The first kappa shape index (κ1) is 13.2. The van der Waals surface area contributed by atoms with Crippen LogP contribution in [0.5, 0.6) is 5.75 Å². The van der Waals surface area contributed by atoms with Gasteiger partial charge in [-0.1, -0.05) is 33.6 Å². The van der Waals surface area contributed by atoms with E-state index >= 15 is 0 Å². The summed E-state index contributed by atoms with van der Waals surface area (Å²) < 4.78 is 14.3. The van der Waals surface area contributed by atoms with Gasteiger partial charge in [0.1, 0.15) is 11.6 Å². The van der Waals surface area contributed by atoms with E-state index in [1.807, 2.05) is 0 Å². The molecule has 94 valence electrons. The highest BCUT2D eigenvalue weighted by Crippen LogP contribution is 2.27. The number of phenols is 1. The van der Waals surface area contributed by atoms with E-state index in [1.54, 1.807) is 30.3 Å². The van der Waals surface area contributed by atoms with Crippen molar-refractivity contribution in [3.63, 3.8) is 0 Å². The van der Waals surface area contributed by atoms with Gasteiger partial charge in [0, 0.05) is 21.6 Å². The van der Waals surface area contributed by atoms with Gasteiger partial charge in [0.05, 0.1) is 5.69 Å². The van der Waals surface area contributed by atoms with E-state index in [1.165, 1.54) is 6.07 Å². The maximum atomic E-state index is 13.5. The molecule has 2 aromatic rings. The van der Waals surface area contributed by atoms with Crippen LogP contribution in [0.3, 0.4) is 0 Å². The van der Waals surface area contributed by atoms with E-state index in [0.717, 1.165) is 4.47 Å². The molecule has 0 aromatic heterocycles. The van der Waals surface area contributed by atoms with Gasteiger partial charge in [0.15, 0.2) is 0 Å². The third-order valence-electron chi connectivity index (χ3n) is 2.48. The zero-order chi connectivity index (χ0) is 13.1. The standard InChI is InChI=1S/C13H10BrClFNO/c14-8-4-5-11(16)12(6-8)17-7-9-10(15)2-1-3-13(9)18/h1-6,17-18H,7H2. The zero-order valence-corrected chi connectivity index (χ0v) is 11.6. The highest BCUT2D eigenvalue weighted by atomic mass is 79.9. The summed E-state index contributed by atoms with van der Waals surface area (Å²) in [5, 5.41) is 13.0. The van der Waals surface area contributed by atoms with Crippen molar-refractivity contribution in [3.05, 3.63) is 57.3 Å². The molecule has 2 nitrogen and oxygen atoms in total. The molecule has 18 heavy (non-hydrogen) atoms. The van der Waals surface area contributed by atoms with E-state index in [2.05, 4.69) is 21.2 Å². The van der Waals surface area contributed by atoms with Gasteiger partial charge in [-0.25, -0.2) is 4.39 Å². The Morgan fingerprint density at radius 1 is 1.28 bits per heavy atom. The molecule has 0 radical (unpaired) electrons. The van der Waals surface area contributed by atoms with Crippen LogP contribution >= 0.6 is 27.5 Å². The van der Waals surface area contributed by atoms with Crippen molar-refractivity contribution >= 4 is 33.2 Å². The smallest absolute Gasteiger partial charge is 0.146 e. The van der Waals surface area contributed by atoms with E-state index in [9.17, 15) is 9.50 Å². The Morgan fingerprint density at radius 3 is 2.78 bits per heavy atom. The van der Waals surface area contributed by atoms with Crippen molar-refractivity contribution in [1.29, 1.82) is 0 Å². The molecular formula is C13H10BrClFNO. The van der Waals surface area contributed by atoms with Crippen LogP contribution in [-0.2, 0) is 6.54 Å². The molecular weight excluding hydrogens is 321 g/mol. The number of halogens is 3. The third-order valence-corrected chi connectivity index (χ3v) is 3.33. The second kappa shape index (κ2) is 5.59. The number of anilines is 1. The Hall–Kier alpha value is -1.26. The van der Waals surface area contributed by atoms with Gasteiger partial charge in [-0.2, -0.15) is 0 Å². The van der Waals surface area contributed by atoms with Gasteiger partial charge in [-0.05, 0) is 30.3 Å². The van der Waals surface area contributed by atoms with Gasteiger partial charge in [-0.15, -0.1) is 0 Å². The molecule has 0 aliphatic heterocycles. The number of phenolic OH excluding ortho intramolecular Hbond substituents is 1. The van der Waals surface area contributed by atoms with Crippen molar-refractivity contribution < 1.29 is 9.50 Å². The van der Waals surface area contributed by atoms with Crippen LogP contribution in [0.4, 0.5) is 10.1 Å². The normalized spacial score (nSPS) is 10.4. The van der Waals surface area contributed by atoms with E-state index in [-0.39, 0.29) is 18.1 Å². The molecule has 0 amide bonds. The largest absolute Gasteiger partial charge is 0.508 e. The molecule has 0 heterocycles. The van der Waals surface area contributed by atoms with Crippen LogP contribution in [0.25, 0.3) is 0 Å². The summed E-state index contributed by atoms with van der Waals surface area (Å²) in [4.78, 5) is 0. The van der Waals surface area contributed by atoms with Crippen LogP contribution in [0, 0.1) is 5.82 Å². The Kier molecular flexibility index (Phi) is 4.09. The second-order valence-electron chi connectivity index (χ2n) is 3.72. The molecule has 0 atom stereocenters. The minimum absolute atomic E-state index is 0.0883. The summed E-state index contributed by atoms with van der Waals surface area (Å²) in [6.45, 7) is 0.249. The molecule has 0 saturated heterocycles. The monoisotopic (exact) mass is 329 g/mol. The number of hydrogen-bond acceptors (Lipinski definition) is 2. The average molecular weight is 331 g/mol. The highest BCUT2D eigenvalue weighted by molar-refractivity contribution is 9.10. The summed E-state index contributed by atoms with van der Waals surface area (Å²) in [5.41, 5.74) is 0.891. The van der Waals surface area contributed by atoms with E-state index in [4.69, 9.17) is 11.6 Å². The molecule has 5 heteroatoms.